The number of hydrogen-bond acceptors (Lipinski definition) is 5. The number of rotatable bonds is 6. The molecule has 0 aliphatic carbocycles. The molecule has 0 heterocycles. The van der Waals surface area contributed by atoms with Gasteiger partial charge in [0.15, 0.2) is 0 Å². The van der Waals surface area contributed by atoms with E-state index in [0.29, 0.717) is 6.61 Å². The molecule has 2 N–H and O–H groups in total. The van der Waals surface area contributed by atoms with Crippen molar-refractivity contribution in [2.24, 2.45) is 0 Å². The van der Waals surface area contributed by atoms with Gasteiger partial charge in [-0.3, -0.25) is 19.8 Å². The second-order valence-corrected chi connectivity index (χ2v) is 3.93. The van der Waals surface area contributed by atoms with Gasteiger partial charge < -0.3 is 10.1 Å². The van der Waals surface area contributed by atoms with E-state index >= 15 is 0 Å². The first-order valence-corrected chi connectivity index (χ1v) is 5.81. The fraction of sp³-hybridized carbons (Fsp3) is 0.727. The smallest absolute Gasteiger partial charge is 0.321 e. The molecule has 104 valence electrons. The average Bonchev–Trinajstić information content (AvgIpc) is 2.27. The number of nitrogens with one attached hydrogen (secondary N) is 2. The third kappa shape index (κ3) is 6.85. The molecule has 0 saturated carbocycles. The maximum atomic E-state index is 11.5. The largest absolute Gasteiger partial charge is 0.465 e. The normalized spacial score (nSPS) is 10.3. The van der Waals surface area contributed by atoms with Crippen LogP contribution in [0.25, 0.3) is 0 Å². The number of imide groups is 1. The lowest BCUT2D eigenvalue weighted by molar-refractivity contribution is -0.145. The molecule has 18 heavy (non-hydrogen) atoms. The molecule has 0 fully saturated rings. The molecule has 0 aromatic carbocycles. The summed E-state index contributed by atoms with van der Waals surface area (Å²) in [5.74, 6) is -0.855. The molecule has 0 aliphatic heterocycles. The molecule has 7 nitrogen and oxygen atoms in total. The Hall–Kier alpha value is -1.63. The van der Waals surface area contributed by atoms with Crippen LogP contribution >= 0.6 is 0 Å². The van der Waals surface area contributed by atoms with Gasteiger partial charge in [-0.15, -0.1) is 0 Å². The van der Waals surface area contributed by atoms with Crippen molar-refractivity contribution in [1.82, 2.24) is 15.5 Å². The summed E-state index contributed by atoms with van der Waals surface area (Å²) in [4.78, 5) is 35.4. The minimum atomic E-state index is -0.570. The van der Waals surface area contributed by atoms with Gasteiger partial charge in [-0.2, -0.15) is 0 Å². The predicted octanol–water partition coefficient (Wildman–Crippen LogP) is -0.284. The summed E-state index contributed by atoms with van der Waals surface area (Å²) in [5.41, 5.74) is 0. The van der Waals surface area contributed by atoms with E-state index in [1.807, 2.05) is 13.8 Å². The van der Waals surface area contributed by atoms with E-state index in [-0.39, 0.29) is 25.1 Å². The second-order valence-electron chi connectivity index (χ2n) is 3.93. The van der Waals surface area contributed by atoms with E-state index in [2.05, 4.69) is 10.6 Å². The highest BCUT2D eigenvalue weighted by Gasteiger charge is 2.18. The molecular weight excluding hydrogens is 238 g/mol. The molecule has 0 unspecified atom stereocenters. The van der Waals surface area contributed by atoms with E-state index in [1.165, 1.54) is 7.05 Å². The van der Waals surface area contributed by atoms with Crippen LogP contribution in [-0.2, 0) is 14.3 Å². The van der Waals surface area contributed by atoms with Crippen molar-refractivity contribution in [2.45, 2.75) is 26.8 Å². The maximum absolute atomic E-state index is 11.5. The van der Waals surface area contributed by atoms with E-state index in [9.17, 15) is 14.4 Å². The highest BCUT2D eigenvalue weighted by molar-refractivity contribution is 5.95. The zero-order valence-electron chi connectivity index (χ0n) is 11.3. The van der Waals surface area contributed by atoms with Gasteiger partial charge in [-0.05, 0) is 20.8 Å². The number of carbonyl (C=O) groups excluding carboxylic acids is 3. The van der Waals surface area contributed by atoms with Crippen molar-refractivity contribution >= 4 is 17.9 Å². The molecule has 3 amide bonds. The van der Waals surface area contributed by atoms with Crippen molar-refractivity contribution < 1.29 is 19.1 Å². The fourth-order valence-corrected chi connectivity index (χ4v) is 1.21. The molecule has 0 aromatic rings. The first kappa shape index (κ1) is 16.4. The van der Waals surface area contributed by atoms with E-state index in [1.54, 1.807) is 11.8 Å². The van der Waals surface area contributed by atoms with Gasteiger partial charge in [0.2, 0.25) is 5.91 Å². The molecule has 0 aliphatic rings. The number of esters is 1. The highest BCUT2D eigenvalue weighted by Crippen LogP contribution is 1.98. The Kier molecular flexibility index (Phi) is 7.69. The van der Waals surface area contributed by atoms with Crippen molar-refractivity contribution in [3.63, 3.8) is 0 Å². The maximum Gasteiger partial charge on any atom is 0.321 e. The zero-order chi connectivity index (χ0) is 14.1. The van der Waals surface area contributed by atoms with Crippen LogP contribution in [0.3, 0.4) is 0 Å². The molecule has 0 rings (SSSR count). The molecule has 0 saturated heterocycles. The van der Waals surface area contributed by atoms with Crippen molar-refractivity contribution in [1.29, 1.82) is 0 Å². The van der Waals surface area contributed by atoms with Crippen LogP contribution in [0, 0.1) is 0 Å². The molecule has 0 aromatic heterocycles. The summed E-state index contributed by atoms with van der Waals surface area (Å²) in [6, 6.07) is -0.579. The Morgan fingerprint density at radius 2 is 1.83 bits per heavy atom. The SMILES string of the molecule is CCOC(=O)CN(CC(=O)NC(=O)NC)C(C)C. The van der Waals surface area contributed by atoms with Gasteiger partial charge in [0.05, 0.1) is 19.7 Å². The standard InChI is InChI=1S/C11H21N3O4/c1-5-18-10(16)7-14(8(2)3)6-9(15)13-11(17)12-4/h8H,5-7H2,1-4H3,(H2,12,13,15,17). The first-order valence-electron chi connectivity index (χ1n) is 5.81. The van der Waals surface area contributed by atoms with Gasteiger partial charge in [-0.1, -0.05) is 0 Å². The average molecular weight is 259 g/mol. The lowest BCUT2D eigenvalue weighted by Gasteiger charge is -2.24. The minimum absolute atomic E-state index is 0.00940. The fourth-order valence-electron chi connectivity index (χ4n) is 1.21. The number of hydrogen-bond donors (Lipinski definition) is 2. The third-order valence-corrected chi connectivity index (χ3v) is 2.19. The Bertz CT molecular complexity index is 305. The quantitative estimate of drug-likeness (QED) is 0.640. The summed E-state index contributed by atoms with van der Waals surface area (Å²) in [6.07, 6.45) is 0. The van der Waals surface area contributed by atoms with Crippen LogP contribution in [0.4, 0.5) is 4.79 Å². The topological polar surface area (TPSA) is 87.7 Å². The zero-order valence-corrected chi connectivity index (χ0v) is 11.3. The van der Waals surface area contributed by atoms with Crippen LogP contribution in [-0.4, -0.2) is 55.6 Å². The summed E-state index contributed by atoms with van der Waals surface area (Å²) in [6.45, 7) is 5.71. The van der Waals surface area contributed by atoms with Crippen LogP contribution in [0.15, 0.2) is 0 Å². The number of carbonyl (C=O) groups is 3. The lowest BCUT2D eigenvalue weighted by atomic mass is 10.3. The van der Waals surface area contributed by atoms with Crippen LogP contribution < -0.4 is 10.6 Å². The van der Waals surface area contributed by atoms with Gasteiger partial charge in [0, 0.05) is 13.1 Å². The Morgan fingerprint density at radius 1 is 1.22 bits per heavy atom. The van der Waals surface area contributed by atoms with E-state index in [0.717, 1.165) is 0 Å². The van der Waals surface area contributed by atoms with Gasteiger partial charge in [0.25, 0.3) is 0 Å². The summed E-state index contributed by atoms with van der Waals surface area (Å²) in [5, 5.41) is 4.42. The van der Waals surface area contributed by atoms with Gasteiger partial charge in [-0.25, -0.2) is 4.79 Å². The first-order chi connectivity index (χ1) is 8.40. The number of urea groups is 1. The second kappa shape index (κ2) is 8.46. The highest BCUT2D eigenvalue weighted by atomic mass is 16.5. The van der Waals surface area contributed by atoms with Crippen molar-refractivity contribution in [3.05, 3.63) is 0 Å². The molecular formula is C11H21N3O4. The van der Waals surface area contributed by atoms with Gasteiger partial charge in [0.1, 0.15) is 0 Å². The van der Waals surface area contributed by atoms with Gasteiger partial charge >= 0.3 is 12.0 Å². The van der Waals surface area contributed by atoms with Crippen molar-refractivity contribution in [2.75, 3.05) is 26.7 Å². The van der Waals surface area contributed by atoms with Crippen LogP contribution in [0.1, 0.15) is 20.8 Å². The Balaban J connectivity index is 4.31. The number of nitrogens with zero attached hydrogens (tertiary/aromatic N) is 1. The Labute approximate surface area is 107 Å². The monoisotopic (exact) mass is 259 g/mol. The van der Waals surface area contributed by atoms with Crippen molar-refractivity contribution in [3.8, 4) is 0 Å². The summed E-state index contributed by atoms with van der Waals surface area (Å²) >= 11 is 0. The Morgan fingerprint density at radius 3 is 2.28 bits per heavy atom. The molecule has 0 spiro atoms. The molecule has 0 radical (unpaired) electrons. The minimum Gasteiger partial charge on any atom is -0.465 e. The van der Waals surface area contributed by atoms with E-state index in [4.69, 9.17) is 4.74 Å². The molecule has 7 heteroatoms. The molecule has 0 bridgehead atoms. The number of amides is 3. The molecule has 0 atom stereocenters. The van der Waals surface area contributed by atoms with Crippen LogP contribution in [0.5, 0.6) is 0 Å². The third-order valence-electron chi connectivity index (χ3n) is 2.19. The number of ether oxygens (including phenoxy) is 1. The van der Waals surface area contributed by atoms with Crippen LogP contribution in [0.2, 0.25) is 0 Å². The predicted molar refractivity (Wildman–Crippen MR) is 65.9 cm³/mol. The lowest BCUT2D eigenvalue weighted by Crippen LogP contribution is -2.47. The summed E-state index contributed by atoms with van der Waals surface area (Å²) < 4.78 is 4.81. The summed E-state index contributed by atoms with van der Waals surface area (Å²) in [7, 11) is 1.42. The van der Waals surface area contributed by atoms with E-state index < -0.39 is 11.9 Å².